The van der Waals surface area contributed by atoms with Gasteiger partial charge in [0.15, 0.2) is 15.8 Å². The van der Waals surface area contributed by atoms with Crippen LogP contribution < -0.4 is 23.8 Å². The van der Waals surface area contributed by atoms with E-state index in [2.05, 4.69) is 10.2 Å². The Bertz CT molecular complexity index is 1700. The van der Waals surface area contributed by atoms with Gasteiger partial charge in [-0.05, 0) is 66.1 Å². The highest BCUT2D eigenvalue weighted by molar-refractivity contribution is 8.00. The van der Waals surface area contributed by atoms with Crippen molar-refractivity contribution in [2.24, 2.45) is 0 Å². The maximum absolute atomic E-state index is 13.7. The van der Waals surface area contributed by atoms with E-state index < -0.39 is 17.7 Å². The highest BCUT2D eigenvalue weighted by Gasteiger charge is 2.49. The molecular formula is C32H30ClN3O7S2. The number of Topliss-reactive ketones (excluding diaryl/α,β-unsaturated/α-hetero) is 1. The monoisotopic (exact) mass is 667 g/mol. The topological polar surface area (TPSA) is 120 Å². The Morgan fingerprint density at radius 3 is 2.24 bits per heavy atom. The van der Waals surface area contributed by atoms with Gasteiger partial charge in [-0.15, -0.1) is 10.2 Å². The minimum atomic E-state index is -1.09. The molecule has 1 amide bonds. The molecule has 5 rings (SSSR count). The smallest absolute Gasteiger partial charge is 0.301 e. The number of anilines is 1. The number of carbonyl (C=O) groups excluding carboxylic acids is 2. The van der Waals surface area contributed by atoms with Crippen LogP contribution in [0, 0.1) is 0 Å². The van der Waals surface area contributed by atoms with Gasteiger partial charge in [-0.25, -0.2) is 0 Å². The lowest BCUT2D eigenvalue weighted by atomic mass is 9.94. The van der Waals surface area contributed by atoms with Crippen molar-refractivity contribution in [1.82, 2.24) is 10.2 Å². The van der Waals surface area contributed by atoms with Gasteiger partial charge < -0.3 is 24.1 Å². The van der Waals surface area contributed by atoms with E-state index in [0.717, 1.165) is 23.3 Å². The van der Waals surface area contributed by atoms with Crippen molar-refractivity contribution < 1.29 is 33.6 Å². The summed E-state index contributed by atoms with van der Waals surface area (Å²) in [6.07, 6.45) is 0.840. The number of nitrogens with zero attached hydrogens (tertiary/aromatic N) is 3. The summed E-state index contributed by atoms with van der Waals surface area (Å²) >= 11 is 8.60. The molecule has 3 aromatic carbocycles. The number of hydrogen-bond acceptors (Lipinski definition) is 11. The Morgan fingerprint density at radius 2 is 1.64 bits per heavy atom. The Morgan fingerprint density at radius 1 is 0.978 bits per heavy atom. The van der Waals surface area contributed by atoms with E-state index in [9.17, 15) is 14.7 Å². The second-order valence-corrected chi connectivity index (χ2v) is 12.4. The fraction of sp³-hybridized carbons (Fsp3) is 0.250. The predicted molar refractivity (Wildman–Crippen MR) is 174 cm³/mol. The molecule has 4 aromatic rings. The van der Waals surface area contributed by atoms with Gasteiger partial charge in [0.2, 0.25) is 10.9 Å². The van der Waals surface area contributed by atoms with Crippen LogP contribution in [0.4, 0.5) is 5.13 Å². The molecule has 13 heteroatoms. The molecule has 0 radical (unpaired) electrons. The van der Waals surface area contributed by atoms with Crippen LogP contribution in [0.3, 0.4) is 0 Å². The first kappa shape index (κ1) is 32.1. The Kier molecular flexibility index (Phi) is 10.2. The van der Waals surface area contributed by atoms with Gasteiger partial charge in [0, 0.05) is 16.3 Å². The van der Waals surface area contributed by atoms with Crippen LogP contribution in [0.15, 0.2) is 70.6 Å². The molecule has 1 atom stereocenters. The lowest BCUT2D eigenvalue weighted by molar-refractivity contribution is -0.132. The average molecular weight is 668 g/mol. The first-order chi connectivity index (χ1) is 21.8. The fourth-order valence-electron chi connectivity index (χ4n) is 4.77. The molecular weight excluding hydrogens is 638 g/mol. The lowest BCUT2D eigenvalue weighted by Gasteiger charge is -2.24. The summed E-state index contributed by atoms with van der Waals surface area (Å²) in [5, 5.41) is 21.0. The lowest BCUT2D eigenvalue weighted by Crippen LogP contribution is -2.29. The number of benzene rings is 3. The van der Waals surface area contributed by atoms with Crippen LogP contribution in [0.2, 0.25) is 5.02 Å². The minimum absolute atomic E-state index is 0.123. The first-order valence-corrected chi connectivity index (χ1v) is 16.0. The summed E-state index contributed by atoms with van der Waals surface area (Å²) in [7, 11) is 4.41. The molecule has 1 aliphatic heterocycles. The number of halogens is 1. The summed E-state index contributed by atoms with van der Waals surface area (Å²) in [6, 6.07) is 16.3. The van der Waals surface area contributed by atoms with Crippen molar-refractivity contribution in [3.8, 4) is 23.0 Å². The first-order valence-electron chi connectivity index (χ1n) is 13.8. The predicted octanol–water partition coefficient (Wildman–Crippen LogP) is 6.92. The zero-order valence-electron chi connectivity index (χ0n) is 24.9. The fourth-order valence-corrected chi connectivity index (χ4v) is 6.72. The summed E-state index contributed by atoms with van der Waals surface area (Å²) in [6.45, 7) is 2.54. The van der Waals surface area contributed by atoms with E-state index in [4.69, 9.17) is 30.5 Å². The number of thioether (sulfide) groups is 1. The third-order valence-electron chi connectivity index (χ3n) is 6.93. The van der Waals surface area contributed by atoms with Gasteiger partial charge in [-0.1, -0.05) is 53.8 Å². The van der Waals surface area contributed by atoms with Gasteiger partial charge in [-0.3, -0.25) is 14.5 Å². The zero-order chi connectivity index (χ0) is 32.1. The van der Waals surface area contributed by atoms with Crippen molar-refractivity contribution in [1.29, 1.82) is 0 Å². The molecule has 1 unspecified atom stereocenters. The Hall–Kier alpha value is -4.26. The number of aliphatic hydroxyl groups excluding tert-OH is 1. The van der Waals surface area contributed by atoms with Crippen molar-refractivity contribution in [2.75, 3.05) is 32.8 Å². The highest BCUT2D eigenvalue weighted by Crippen LogP contribution is 2.48. The van der Waals surface area contributed by atoms with Crippen LogP contribution in [-0.2, 0) is 15.3 Å². The number of aromatic nitrogens is 2. The maximum atomic E-state index is 13.7. The second-order valence-electron chi connectivity index (χ2n) is 9.77. The van der Waals surface area contributed by atoms with E-state index in [1.807, 2.05) is 31.2 Å². The molecule has 1 N–H and O–H groups in total. The van der Waals surface area contributed by atoms with Crippen LogP contribution in [-0.4, -0.2) is 54.9 Å². The van der Waals surface area contributed by atoms with Crippen LogP contribution >= 0.6 is 34.7 Å². The Labute approximate surface area is 273 Å². The number of ketones is 1. The molecule has 45 heavy (non-hydrogen) atoms. The molecule has 1 saturated heterocycles. The second kappa shape index (κ2) is 14.2. The molecule has 1 fully saturated rings. The highest BCUT2D eigenvalue weighted by atomic mass is 35.5. The summed E-state index contributed by atoms with van der Waals surface area (Å²) in [4.78, 5) is 28.6. The average Bonchev–Trinajstić information content (AvgIpc) is 3.64. The molecule has 0 aliphatic carbocycles. The van der Waals surface area contributed by atoms with E-state index >= 15 is 0 Å². The SMILES string of the molecule is CCCOc1ccc(/C(O)=C2/C(=O)C(=O)N(c3nnc(SCc4ccc(Cl)cc4)s3)C2c2cc(OC)c(OC)c(OC)c2)cc1. The van der Waals surface area contributed by atoms with Gasteiger partial charge in [0.1, 0.15) is 11.5 Å². The molecule has 0 saturated carbocycles. The van der Waals surface area contributed by atoms with E-state index in [-0.39, 0.29) is 16.5 Å². The summed E-state index contributed by atoms with van der Waals surface area (Å²) < 4.78 is 22.9. The molecule has 1 aromatic heterocycles. The van der Waals surface area contributed by atoms with Gasteiger partial charge in [0.05, 0.1) is 39.6 Å². The molecule has 10 nitrogen and oxygen atoms in total. The van der Waals surface area contributed by atoms with Gasteiger partial charge in [-0.2, -0.15) is 0 Å². The molecule has 2 heterocycles. The van der Waals surface area contributed by atoms with Gasteiger partial charge in [0.25, 0.3) is 5.78 Å². The van der Waals surface area contributed by atoms with Crippen LogP contribution in [0.25, 0.3) is 5.76 Å². The number of methoxy groups -OCH3 is 3. The minimum Gasteiger partial charge on any atom is -0.507 e. The third-order valence-corrected chi connectivity index (χ3v) is 9.30. The van der Waals surface area contributed by atoms with E-state index in [1.54, 1.807) is 36.4 Å². The zero-order valence-corrected chi connectivity index (χ0v) is 27.3. The number of hydrogen-bond donors (Lipinski definition) is 1. The van der Waals surface area contributed by atoms with E-state index in [1.165, 1.54) is 38.0 Å². The molecule has 0 bridgehead atoms. The molecule has 1 aliphatic rings. The van der Waals surface area contributed by atoms with Crippen LogP contribution in [0.1, 0.15) is 36.1 Å². The van der Waals surface area contributed by atoms with Crippen molar-refractivity contribution in [3.05, 3.63) is 87.9 Å². The number of amides is 1. The number of carbonyl (C=O) groups is 2. The summed E-state index contributed by atoms with van der Waals surface area (Å²) in [5.74, 6) is 0.0920. The van der Waals surface area contributed by atoms with Crippen molar-refractivity contribution in [3.63, 3.8) is 0 Å². The molecule has 234 valence electrons. The largest absolute Gasteiger partial charge is 0.507 e. The maximum Gasteiger partial charge on any atom is 0.301 e. The van der Waals surface area contributed by atoms with Crippen molar-refractivity contribution in [2.45, 2.75) is 29.5 Å². The van der Waals surface area contributed by atoms with Crippen LogP contribution in [0.5, 0.6) is 23.0 Å². The number of rotatable bonds is 12. The Balaban J connectivity index is 1.59. The third kappa shape index (κ3) is 6.73. The van der Waals surface area contributed by atoms with Crippen molar-refractivity contribution >= 4 is 57.3 Å². The summed E-state index contributed by atoms with van der Waals surface area (Å²) in [5.41, 5.74) is 1.68. The number of aliphatic hydroxyl groups is 1. The standard InChI is InChI=1S/C32H30ClN3O7S2/c1-5-14-43-22-12-8-19(9-13-22)27(37)25-26(20-15-23(40-2)29(42-4)24(16-20)41-3)36(30(39)28(25)38)31-34-35-32(45-31)44-17-18-6-10-21(33)11-7-18/h6-13,15-16,26,37H,5,14,17H2,1-4H3/b27-25-. The van der Waals surface area contributed by atoms with Gasteiger partial charge >= 0.3 is 5.91 Å². The quantitative estimate of drug-likeness (QED) is 0.0560. The molecule has 0 spiro atoms. The van der Waals surface area contributed by atoms with E-state index in [0.29, 0.717) is 55.8 Å². The number of ether oxygens (including phenoxy) is 4. The normalized spacial score (nSPS) is 15.8.